The fourth-order valence-electron chi connectivity index (χ4n) is 4.01. The lowest BCUT2D eigenvalue weighted by Crippen LogP contribution is -2.58. The maximum atomic E-state index is 10.7. The number of hydrogen-bond acceptors (Lipinski definition) is 5. The molecule has 6 heteroatoms. The molecule has 0 unspecified atom stereocenters. The molecule has 136 valence electrons. The number of rotatable bonds is 5. The van der Waals surface area contributed by atoms with Gasteiger partial charge in [-0.2, -0.15) is 5.10 Å². The number of aryl methyl sites for hydroxylation is 2. The molecule has 2 atom stereocenters. The van der Waals surface area contributed by atoms with Gasteiger partial charge >= 0.3 is 0 Å². The number of aromatic nitrogens is 2. The molecule has 0 amide bonds. The lowest BCUT2D eigenvalue weighted by molar-refractivity contribution is -0.0286. The predicted octanol–water partition coefficient (Wildman–Crippen LogP) is 0.784. The van der Waals surface area contributed by atoms with Crippen LogP contribution in [-0.2, 0) is 13.1 Å². The van der Waals surface area contributed by atoms with Gasteiger partial charge in [0.15, 0.2) is 0 Å². The van der Waals surface area contributed by atoms with Gasteiger partial charge < -0.3 is 10.0 Å². The van der Waals surface area contributed by atoms with Crippen LogP contribution in [0.4, 0.5) is 0 Å². The van der Waals surface area contributed by atoms with Crippen molar-refractivity contribution in [3.63, 3.8) is 0 Å². The average Bonchev–Trinajstić information content (AvgIpc) is 2.89. The Bertz CT molecular complexity index is 523. The summed E-state index contributed by atoms with van der Waals surface area (Å²) in [5.41, 5.74) is 2.42. The van der Waals surface area contributed by atoms with Gasteiger partial charge in [0.05, 0.1) is 11.8 Å². The highest BCUT2D eigenvalue weighted by atomic mass is 16.3. The molecule has 2 saturated heterocycles. The minimum Gasteiger partial charge on any atom is -0.390 e. The minimum atomic E-state index is -0.242. The molecule has 0 aliphatic carbocycles. The first-order chi connectivity index (χ1) is 11.6. The van der Waals surface area contributed by atoms with Crippen molar-refractivity contribution < 1.29 is 5.11 Å². The Balaban J connectivity index is 1.53. The second kappa shape index (κ2) is 7.95. The van der Waals surface area contributed by atoms with E-state index in [1.54, 1.807) is 0 Å². The average molecular weight is 335 g/mol. The van der Waals surface area contributed by atoms with Gasteiger partial charge in [-0.1, -0.05) is 6.92 Å². The Hall–Kier alpha value is -0.950. The Labute approximate surface area is 146 Å². The highest BCUT2D eigenvalue weighted by Crippen LogP contribution is 2.21. The number of likely N-dealkylation sites (N-methyl/N-ethyl adjacent to an activating group) is 1. The summed E-state index contributed by atoms with van der Waals surface area (Å²) in [7, 11) is 2.18. The molecule has 1 aromatic heterocycles. The molecule has 0 bridgehead atoms. The summed E-state index contributed by atoms with van der Waals surface area (Å²) in [5.74, 6) is 0. The van der Waals surface area contributed by atoms with E-state index in [4.69, 9.17) is 0 Å². The van der Waals surface area contributed by atoms with Crippen LogP contribution >= 0.6 is 0 Å². The molecular formula is C18H33N5O. The van der Waals surface area contributed by atoms with Crippen molar-refractivity contribution in [3.8, 4) is 0 Å². The molecule has 3 heterocycles. The monoisotopic (exact) mass is 335 g/mol. The summed E-state index contributed by atoms with van der Waals surface area (Å²) in [6.45, 7) is 12.4. The van der Waals surface area contributed by atoms with Gasteiger partial charge in [-0.25, -0.2) is 0 Å². The smallest absolute Gasteiger partial charge is 0.0822 e. The van der Waals surface area contributed by atoms with Crippen LogP contribution in [0.3, 0.4) is 0 Å². The molecule has 1 aromatic rings. The largest absolute Gasteiger partial charge is 0.390 e. The number of piperazine rings is 1. The van der Waals surface area contributed by atoms with Crippen molar-refractivity contribution >= 4 is 0 Å². The molecule has 6 nitrogen and oxygen atoms in total. The fraction of sp³-hybridized carbons (Fsp3) is 0.833. The first-order valence-electron chi connectivity index (χ1n) is 9.42. The summed E-state index contributed by atoms with van der Waals surface area (Å²) in [4.78, 5) is 7.25. The zero-order chi connectivity index (χ0) is 17.1. The quantitative estimate of drug-likeness (QED) is 0.862. The van der Waals surface area contributed by atoms with Crippen LogP contribution < -0.4 is 0 Å². The number of aliphatic hydroxyl groups is 1. The summed E-state index contributed by atoms with van der Waals surface area (Å²) in [5, 5.41) is 15.3. The van der Waals surface area contributed by atoms with E-state index in [0.29, 0.717) is 6.04 Å². The van der Waals surface area contributed by atoms with E-state index < -0.39 is 0 Å². The molecule has 24 heavy (non-hydrogen) atoms. The van der Waals surface area contributed by atoms with Crippen molar-refractivity contribution in [2.75, 3.05) is 46.3 Å². The molecule has 3 rings (SSSR count). The summed E-state index contributed by atoms with van der Waals surface area (Å²) in [6.07, 6.45) is 4.11. The molecular weight excluding hydrogens is 302 g/mol. The van der Waals surface area contributed by atoms with Gasteiger partial charge in [0.2, 0.25) is 0 Å². The third-order valence-electron chi connectivity index (χ3n) is 5.53. The van der Waals surface area contributed by atoms with Crippen LogP contribution in [0.15, 0.2) is 6.20 Å². The Morgan fingerprint density at radius 3 is 2.62 bits per heavy atom. The van der Waals surface area contributed by atoms with Gasteiger partial charge in [0.25, 0.3) is 0 Å². The maximum Gasteiger partial charge on any atom is 0.0822 e. The summed E-state index contributed by atoms with van der Waals surface area (Å²) in [6, 6.07) is 0.332. The van der Waals surface area contributed by atoms with Gasteiger partial charge in [-0.05, 0) is 26.8 Å². The highest BCUT2D eigenvalue weighted by molar-refractivity contribution is 5.15. The zero-order valence-electron chi connectivity index (χ0n) is 15.5. The van der Waals surface area contributed by atoms with Crippen LogP contribution in [0, 0.1) is 6.92 Å². The van der Waals surface area contributed by atoms with Crippen molar-refractivity contribution in [2.45, 2.75) is 51.9 Å². The van der Waals surface area contributed by atoms with E-state index in [2.05, 4.69) is 51.6 Å². The minimum absolute atomic E-state index is 0.242. The molecule has 0 spiro atoms. The summed E-state index contributed by atoms with van der Waals surface area (Å²) >= 11 is 0. The van der Waals surface area contributed by atoms with Crippen molar-refractivity contribution in [1.29, 1.82) is 0 Å². The number of likely N-dealkylation sites (tertiary alicyclic amines) is 1. The third-order valence-corrected chi connectivity index (χ3v) is 5.53. The molecule has 0 saturated carbocycles. The number of aliphatic hydroxyl groups excluding tert-OH is 1. The molecule has 2 aliphatic heterocycles. The molecule has 2 aliphatic rings. The standard InChI is InChI=1S/C18H33N5O/c1-4-6-23-13-16(15(2)19-23)12-21-7-5-17(18(24)14-21)22-10-8-20(3)9-11-22/h13,17-18,24H,4-12,14H2,1-3H3/t17-,18-/m1/s1. The number of nitrogens with zero attached hydrogens (tertiary/aromatic N) is 5. The van der Waals surface area contributed by atoms with Crippen molar-refractivity contribution in [1.82, 2.24) is 24.5 Å². The predicted molar refractivity (Wildman–Crippen MR) is 96.0 cm³/mol. The van der Waals surface area contributed by atoms with E-state index in [0.717, 1.165) is 70.9 Å². The van der Waals surface area contributed by atoms with Crippen molar-refractivity contribution in [3.05, 3.63) is 17.5 Å². The second-order valence-corrected chi connectivity index (χ2v) is 7.50. The van der Waals surface area contributed by atoms with Crippen LogP contribution in [-0.4, -0.2) is 88.0 Å². The first-order valence-corrected chi connectivity index (χ1v) is 9.42. The van der Waals surface area contributed by atoms with E-state index in [-0.39, 0.29) is 6.10 Å². The lowest BCUT2D eigenvalue weighted by Gasteiger charge is -2.44. The van der Waals surface area contributed by atoms with Crippen LogP contribution in [0.1, 0.15) is 31.0 Å². The highest BCUT2D eigenvalue weighted by Gasteiger charge is 2.33. The van der Waals surface area contributed by atoms with Gasteiger partial charge in [0, 0.05) is 70.2 Å². The van der Waals surface area contributed by atoms with Crippen LogP contribution in [0.2, 0.25) is 0 Å². The second-order valence-electron chi connectivity index (χ2n) is 7.50. The van der Waals surface area contributed by atoms with E-state index in [1.165, 1.54) is 5.56 Å². The normalized spacial score (nSPS) is 27.7. The SMILES string of the molecule is CCCn1cc(CN2CC[C@@H](N3CCN(C)CC3)[C@H](O)C2)c(C)n1. The first kappa shape index (κ1) is 17.9. The summed E-state index contributed by atoms with van der Waals surface area (Å²) < 4.78 is 2.05. The number of β-amino-alcohol motifs (C(OH)–C–C–N with tert-alkyl or cyclic N) is 1. The lowest BCUT2D eigenvalue weighted by atomic mass is 9.98. The maximum absolute atomic E-state index is 10.7. The Kier molecular flexibility index (Phi) is 5.92. The zero-order valence-corrected chi connectivity index (χ0v) is 15.5. The molecule has 2 fully saturated rings. The van der Waals surface area contributed by atoms with Gasteiger partial charge in [0.1, 0.15) is 0 Å². The fourth-order valence-corrected chi connectivity index (χ4v) is 4.01. The Morgan fingerprint density at radius 2 is 1.96 bits per heavy atom. The number of piperidine rings is 1. The number of hydrogen-bond donors (Lipinski definition) is 1. The Morgan fingerprint density at radius 1 is 1.21 bits per heavy atom. The van der Waals surface area contributed by atoms with Gasteiger partial charge in [-0.15, -0.1) is 0 Å². The van der Waals surface area contributed by atoms with Crippen LogP contribution in [0.5, 0.6) is 0 Å². The topological polar surface area (TPSA) is 47.8 Å². The van der Waals surface area contributed by atoms with Gasteiger partial charge in [-0.3, -0.25) is 14.5 Å². The van der Waals surface area contributed by atoms with E-state index in [9.17, 15) is 5.11 Å². The van der Waals surface area contributed by atoms with Crippen molar-refractivity contribution in [2.24, 2.45) is 0 Å². The van der Waals surface area contributed by atoms with E-state index >= 15 is 0 Å². The third kappa shape index (κ3) is 4.17. The van der Waals surface area contributed by atoms with Crippen LogP contribution in [0.25, 0.3) is 0 Å². The molecule has 0 radical (unpaired) electrons. The molecule has 1 N–H and O–H groups in total. The van der Waals surface area contributed by atoms with E-state index in [1.807, 2.05) is 0 Å². The molecule has 0 aromatic carbocycles.